The van der Waals surface area contributed by atoms with E-state index in [1.807, 2.05) is 92.8 Å². The van der Waals surface area contributed by atoms with Gasteiger partial charge in [-0.15, -0.1) is 0 Å². The second kappa shape index (κ2) is 9.88. The number of nitrogens with zero attached hydrogens (tertiary/aromatic N) is 2. The van der Waals surface area contributed by atoms with E-state index >= 15 is 0 Å². The molecule has 164 valence electrons. The normalized spacial score (nSPS) is 11.2. The van der Waals surface area contributed by atoms with Crippen molar-refractivity contribution >= 4 is 28.6 Å². The van der Waals surface area contributed by atoms with Crippen molar-refractivity contribution in [3.05, 3.63) is 101 Å². The van der Waals surface area contributed by atoms with E-state index in [0.29, 0.717) is 18.8 Å². The van der Waals surface area contributed by atoms with Crippen LogP contribution in [0.2, 0.25) is 0 Å². The van der Waals surface area contributed by atoms with Crippen molar-refractivity contribution in [3.8, 4) is 11.8 Å². The summed E-state index contributed by atoms with van der Waals surface area (Å²) in [7, 11) is 0. The highest BCUT2D eigenvalue weighted by molar-refractivity contribution is 6.11. The highest BCUT2D eigenvalue weighted by Crippen LogP contribution is 2.24. The first kappa shape index (κ1) is 21.9. The van der Waals surface area contributed by atoms with Crippen LogP contribution in [0.5, 0.6) is 5.75 Å². The SMILES string of the molecule is Cc1ccc(NC(=O)/C(C#N)=C\c2cn(CCOc3ccccc3)c3ccccc23)c(C)c1. The molecule has 0 saturated heterocycles. The van der Waals surface area contributed by atoms with Crippen LogP contribution in [0.1, 0.15) is 16.7 Å². The minimum atomic E-state index is -0.423. The molecule has 0 atom stereocenters. The summed E-state index contributed by atoms with van der Waals surface area (Å²) in [6.07, 6.45) is 3.61. The molecule has 33 heavy (non-hydrogen) atoms. The molecule has 4 rings (SSSR count). The Morgan fingerprint density at radius 2 is 1.82 bits per heavy atom. The van der Waals surface area contributed by atoms with Gasteiger partial charge < -0.3 is 14.6 Å². The number of aromatic nitrogens is 1. The summed E-state index contributed by atoms with van der Waals surface area (Å²) in [6.45, 7) is 5.08. The Bertz CT molecular complexity index is 1360. The molecule has 0 aliphatic heterocycles. The molecule has 0 bridgehead atoms. The first-order chi connectivity index (χ1) is 16.0. The van der Waals surface area contributed by atoms with Crippen LogP contribution in [0.3, 0.4) is 0 Å². The van der Waals surface area contributed by atoms with Gasteiger partial charge in [-0.3, -0.25) is 4.79 Å². The fourth-order valence-electron chi connectivity index (χ4n) is 3.80. The van der Waals surface area contributed by atoms with Crippen LogP contribution in [-0.4, -0.2) is 17.1 Å². The van der Waals surface area contributed by atoms with Gasteiger partial charge in [0, 0.05) is 28.4 Å². The molecule has 0 aliphatic carbocycles. The van der Waals surface area contributed by atoms with Crippen molar-refractivity contribution in [2.45, 2.75) is 20.4 Å². The topological polar surface area (TPSA) is 67.0 Å². The van der Waals surface area contributed by atoms with E-state index in [-0.39, 0.29) is 5.57 Å². The number of nitriles is 1. The Kier molecular flexibility index (Phi) is 6.56. The molecule has 0 unspecified atom stereocenters. The maximum absolute atomic E-state index is 12.8. The van der Waals surface area contributed by atoms with Gasteiger partial charge in [0.2, 0.25) is 0 Å². The Hall–Kier alpha value is -4.30. The summed E-state index contributed by atoms with van der Waals surface area (Å²) in [6, 6.07) is 25.5. The second-order valence-electron chi connectivity index (χ2n) is 7.90. The standard InChI is InChI=1S/C28H25N3O2/c1-20-12-13-26(21(2)16-20)30-28(32)22(18-29)17-23-19-31(27-11-7-6-10-25(23)27)14-15-33-24-8-4-3-5-9-24/h3-13,16-17,19H,14-15H2,1-2H3,(H,30,32)/b22-17-. The van der Waals surface area contributed by atoms with Crippen LogP contribution in [0.15, 0.2) is 84.6 Å². The van der Waals surface area contributed by atoms with Gasteiger partial charge in [-0.1, -0.05) is 54.1 Å². The number of carbonyl (C=O) groups excluding carboxylic acids is 1. The smallest absolute Gasteiger partial charge is 0.266 e. The van der Waals surface area contributed by atoms with Gasteiger partial charge in [0.25, 0.3) is 5.91 Å². The quantitative estimate of drug-likeness (QED) is 0.291. The summed E-state index contributed by atoms with van der Waals surface area (Å²) < 4.78 is 7.93. The fourth-order valence-corrected chi connectivity index (χ4v) is 3.80. The largest absolute Gasteiger partial charge is 0.492 e. The Balaban J connectivity index is 1.57. The number of ether oxygens (including phenoxy) is 1. The average Bonchev–Trinajstić information content (AvgIpc) is 3.17. The molecular weight excluding hydrogens is 410 g/mol. The minimum Gasteiger partial charge on any atom is -0.492 e. The van der Waals surface area contributed by atoms with Crippen LogP contribution in [0, 0.1) is 25.2 Å². The van der Waals surface area contributed by atoms with Gasteiger partial charge in [0.1, 0.15) is 24.0 Å². The number of rotatable bonds is 7. The number of benzene rings is 3. The molecule has 0 radical (unpaired) electrons. The maximum atomic E-state index is 12.8. The van der Waals surface area contributed by atoms with Crippen molar-refractivity contribution < 1.29 is 9.53 Å². The second-order valence-corrected chi connectivity index (χ2v) is 7.90. The van der Waals surface area contributed by atoms with Crippen LogP contribution < -0.4 is 10.1 Å². The van der Waals surface area contributed by atoms with Crippen LogP contribution >= 0.6 is 0 Å². The van der Waals surface area contributed by atoms with E-state index in [2.05, 4.69) is 16.0 Å². The zero-order chi connectivity index (χ0) is 23.2. The number of para-hydroxylation sites is 2. The number of fused-ring (bicyclic) bond motifs is 1. The molecule has 3 aromatic carbocycles. The molecule has 1 aromatic heterocycles. The number of carbonyl (C=O) groups is 1. The Morgan fingerprint density at radius 3 is 2.58 bits per heavy atom. The molecule has 0 aliphatic rings. The van der Waals surface area contributed by atoms with Crippen LogP contribution in [-0.2, 0) is 11.3 Å². The highest BCUT2D eigenvalue weighted by atomic mass is 16.5. The maximum Gasteiger partial charge on any atom is 0.266 e. The Labute approximate surface area is 193 Å². The number of anilines is 1. The highest BCUT2D eigenvalue weighted by Gasteiger charge is 2.14. The molecule has 0 saturated carbocycles. The van der Waals surface area contributed by atoms with Gasteiger partial charge in [-0.25, -0.2) is 0 Å². The molecule has 1 heterocycles. The number of amides is 1. The third kappa shape index (κ3) is 5.13. The van der Waals surface area contributed by atoms with Crippen LogP contribution in [0.4, 0.5) is 5.69 Å². The summed E-state index contributed by atoms with van der Waals surface area (Å²) in [5.74, 6) is 0.401. The third-order valence-corrected chi connectivity index (χ3v) is 5.46. The molecule has 0 fully saturated rings. The lowest BCUT2D eigenvalue weighted by molar-refractivity contribution is -0.112. The van der Waals surface area contributed by atoms with E-state index in [1.165, 1.54) is 0 Å². The Morgan fingerprint density at radius 1 is 1.06 bits per heavy atom. The van der Waals surface area contributed by atoms with Crippen molar-refractivity contribution in [1.82, 2.24) is 4.57 Å². The molecule has 5 heteroatoms. The van der Waals surface area contributed by atoms with Gasteiger partial charge in [-0.05, 0) is 49.8 Å². The first-order valence-corrected chi connectivity index (χ1v) is 10.8. The van der Waals surface area contributed by atoms with Crippen LogP contribution in [0.25, 0.3) is 17.0 Å². The molecule has 5 nitrogen and oxygen atoms in total. The molecular formula is C28H25N3O2. The molecule has 1 amide bonds. The summed E-state index contributed by atoms with van der Waals surface area (Å²) in [5, 5.41) is 13.5. The lowest BCUT2D eigenvalue weighted by Crippen LogP contribution is -2.14. The van der Waals surface area contributed by atoms with E-state index in [0.717, 1.165) is 33.3 Å². The number of hydrogen-bond donors (Lipinski definition) is 1. The lowest BCUT2D eigenvalue weighted by Gasteiger charge is -2.08. The van der Waals surface area contributed by atoms with Gasteiger partial charge >= 0.3 is 0 Å². The molecule has 1 N–H and O–H groups in total. The summed E-state index contributed by atoms with van der Waals surface area (Å²) >= 11 is 0. The zero-order valence-electron chi connectivity index (χ0n) is 18.7. The van der Waals surface area contributed by atoms with Gasteiger partial charge in [0.05, 0.1) is 6.54 Å². The minimum absolute atomic E-state index is 0.0541. The van der Waals surface area contributed by atoms with E-state index in [9.17, 15) is 10.1 Å². The predicted molar refractivity (Wildman–Crippen MR) is 132 cm³/mol. The number of nitrogens with one attached hydrogen (secondary N) is 1. The van der Waals surface area contributed by atoms with Gasteiger partial charge in [-0.2, -0.15) is 5.26 Å². The van der Waals surface area contributed by atoms with Crippen molar-refractivity contribution in [1.29, 1.82) is 5.26 Å². The molecule has 4 aromatic rings. The van der Waals surface area contributed by atoms with Crippen molar-refractivity contribution in [3.63, 3.8) is 0 Å². The number of aryl methyl sites for hydroxylation is 2. The first-order valence-electron chi connectivity index (χ1n) is 10.8. The van der Waals surface area contributed by atoms with E-state index in [4.69, 9.17) is 4.74 Å². The van der Waals surface area contributed by atoms with E-state index in [1.54, 1.807) is 6.08 Å². The lowest BCUT2D eigenvalue weighted by atomic mass is 10.1. The monoisotopic (exact) mass is 435 g/mol. The summed E-state index contributed by atoms with van der Waals surface area (Å²) in [5.41, 5.74) is 4.66. The van der Waals surface area contributed by atoms with Crippen molar-refractivity contribution in [2.75, 3.05) is 11.9 Å². The third-order valence-electron chi connectivity index (χ3n) is 5.46. The molecule has 0 spiro atoms. The zero-order valence-corrected chi connectivity index (χ0v) is 18.7. The van der Waals surface area contributed by atoms with E-state index < -0.39 is 5.91 Å². The van der Waals surface area contributed by atoms with Gasteiger partial charge in [0.15, 0.2) is 0 Å². The average molecular weight is 436 g/mol. The van der Waals surface area contributed by atoms with Crippen molar-refractivity contribution in [2.24, 2.45) is 0 Å². The predicted octanol–water partition coefficient (Wildman–Crippen LogP) is 5.88. The fraction of sp³-hybridized carbons (Fsp3) is 0.143. The number of hydrogen-bond acceptors (Lipinski definition) is 3. The summed E-state index contributed by atoms with van der Waals surface area (Å²) in [4.78, 5) is 12.8.